The Balaban J connectivity index is 1.53. The molecule has 2 bridgehead atoms. The Bertz CT molecular complexity index is 849. The van der Waals surface area contributed by atoms with Crippen molar-refractivity contribution < 1.29 is 22.4 Å². The first kappa shape index (κ1) is 17.4. The predicted octanol–water partition coefficient (Wildman–Crippen LogP) is 4.24. The summed E-state index contributed by atoms with van der Waals surface area (Å²) in [6.45, 7) is 0. The molecule has 26 heavy (non-hydrogen) atoms. The van der Waals surface area contributed by atoms with Crippen molar-refractivity contribution >= 4 is 17.5 Å². The number of furan rings is 1. The minimum atomic E-state index is -4.49. The second-order valence-electron chi connectivity index (χ2n) is 6.72. The number of fused-ring (bicyclic) bond motifs is 2. The summed E-state index contributed by atoms with van der Waals surface area (Å²) in [7, 11) is 0. The van der Waals surface area contributed by atoms with Crippen molar-refractivity contribution in [2.45, 2.75) is 43.6 Å². The lowest BCUT2D eigenvalue weighted by atomic mass is 9.95. The number of hydrogen-bond acceptors (Lipinski definition) is 3. The van der Waals surface area contributed by atoms with Gasteiger partial charge in [-0.1, -0.05) is 11.6 Å². The van der Waals surface area contributed by atoms with Crippen LogP contribution in [-0.2, 0) is 6.18 Å². The number of benzene rings is 1. The zero-order valence-corrected chi connectivity index (χ0v) is 14.3. The van der Waals surface area contributed by atoms with E-state index < -0.39 is 11.7 Å². The lowest BCUT2D eigenvalue weighted by Gasteiger charge is -2.20. The number of hydrogen-bond donors (Lipinski definition) is 2. The van der Waals surface area contributed by atoms with Crippen LogP contribution in [0.5, 0.6) is 0 Å². The molecule has 0 radical (unpaired) electrons. The first-order valence-corrected chi connectivity index (χ1v) is 8.73. The summed E-state index contributed by atoms with van der Waals surface area (Å²) in [4.78, 5) is 12.4. The Morgan fingerprint density at radius 2 is 2.04 bits per heavy atom. The monoisotopic (exact) mass is 384 g/mol. The molecule has 4 nitrogen and oxygen atoms in total. The van der Waals surface area contributed by atoms with E-state index in [0.717, 1.165) is 31.4 Å². The van der Waals surface area contributed by atoms with Crippen molar-refractivity contribution in [1.29, 1.82) is 0 Å². The first-order chi connectivity index (χ1) is 12.3. The first-order valence-electron chi connectivity index (χ1n) is 8.35. The molecule has 2 aliphatic heterocycles. The number of nitrogens with one attached hydrogen (secondary N) is 2. The van der Waals surface area contributed by atoms with Crippen molar-refractivity contribution in [2.75, 3.05) is 0 Å². The minimum Gasteiger partial charge on any atom is -0.451 e. The predicted molar refractivity (Wildman–Crippen MR) is 90.0 cm³/mol. The van der Waals surface area contributed by atoms with E-state index in [1.807, 2.05) is 0 Å². The summed E-state index contributed by atoms with van der Waals surface area (Å²) in [5.74, 6) is -0.202. The van der Waals surface area contributed by atoms with E-state index >= 15 is 0 Å². The van der Waals surface area contributed by atoms with Crippen LogP contribution in [0.15, 0.2) is 34.7 Å². The molecule has 1 aromatic carbocycles. The van der Waals surface area contributed by atoms with Crippen molar-refractivity contribution in [3.63, 3.8) is 0 Å². The van der Waals surface area contributed by atoms with Crippen LogP contribution < -0.4 is 10.6 Å². The third-order valence-electron chi connectivity index (χ3n) is 5.01. The lowest BCUT2D eigenvalue weighted by Crippen LogP contribution is -2.42. The van der Waals surface area contributed by atoms with Gasteiger partial charge in [0.1, 0.15) is 5.76 Å². The summed E-state index contributed by atoms with van der Waals surface area (Å²) in [6.07, 6.45) is -1.46. The second-order valence-corrected chi connectivity index (χ2v) is 7.13. The molecule has 2 aromatic rings. The molecule has 8 heteroatoms. The Labute approximate surface area is 152 Å². The Morgan fingerprint density at radius 1 is 1.23 bits per heavy atom. The number of alkyl halides is 3. The Hall–Kier alpha value is -1.99. The van der Waals surface area contributed by atoms with Gasteiger partial charge in [-0.2, -0.15) is 13.2 Å². The fourth-order valence-electron chi connectivity index (χ4n) is 3.72. The standard InChI is InChI=1S/C18H16ClF3N2O2/c19-12-3-1-9(18(20,21)22)7-11(12)15-5-6-16(26-15)17(25)24-14-8-10-2-4-13(14)23-10/h1,3,5-7,10,13-14,23H,2,4,8H2,(H,24,25)/t10-,13+,14-/m1/s1. The van der Waals surface area contributed by atoms with Crippen LogP contribution in [0.2, 0.25) is 5.02 Å². The largest absolute Gasteiger partial charge is 0.451 e. The molecular weight excluding hydrogens is 369 g/mol. The molecule has 2 saturated heterocycles. The molecule has 0 unspecified atom stereocenters. The molecule has 4 rings (SSSR count). The third kappa shape index (κ3) is 3.21. The van der Waals surface area contributed by atoms with E-state index in [4.69, 9.17) is 16.0 Å². The molecule has 0 saturated carbocycles. The van der Waals surface area contributed by atoms with Gasteiger partial charge in [-0.15, -0.1) is 0 Å². The molecule has 2 N–H and O–H groups in total. The molecule has 3 heterocycles. The summed E-state index contributed by atoms with van der Waals surface area (Å²) in [5, 5.41) is 6.48. The highest BCUT2D eigenvalue weighted by molar-refractivity contribution is 6.33. The van der Waals surface area contributed by atoms with Crippen molar-refractivity contribution in [1.82, 2.24) is 10.6 Å². The molecule has 2 fully saturated rings. The van der Waals surface area contributed by atoms with E-state index in [1.165, 1.54) is 18.2 Å². The number of amides is 1. The highest BCUT2D eigenvalue weighted by Gasteiger charge is 2.40. The SMILES string of the molecule is O=C(N[C@@H]1C[C@H]2CC[C@@H]1N2)c1ccc(-c2cc(C(F)(F)F)ccc2Cl)o1. The van der Waals surface area contributed by atoms with Gasteiger partial charge in [0.2, 0.25) is 0 Å². The van der Waals surface area contributed by atoms with Crippen LogP contribution in [0.25, 0.3) is 11.3 Å². The Morgan fingerprint density at radius 3 is 2.69 bits per heavy atom. The minimum absolute atomic E-state index is 0.0481. The smallest absolute Gasteiger partial charge is 0.416 e. The van der Waals surface area contributed by atoms with Crippen LogP contribution in [0, 0.1) is 0 Å². The molecule has 0 aliphatic carbocycles. The van der Waals surface area contributed by atoms with E-state index in [-0.39, 0.29) is 40.1 Å². The fourth-order valence-corrected chi connectivity index (χ4v) is 3.93. The van der Waals surface area contributed by atoms with Crippen LogP contribution in [0.4, 0.5) is 13.2 Å². The number of carbonyl (C=O) groups excluding carboxylic acids is 1. The third-order valence-corrected chi connectivity index (χ3v) is 5.34. The molecule has 1 amide bonds. The van der Waals surface area contributed by atoms with Gasteiger partial charge >= 0.3 is 6.18 Å². The molecule has 2 aliphatic rings. The summed E-state index contributed by atoms with van der Waals surface area (Å²) < 4.78 is 44.2. The normalized spacial score (nSPS) is 24.8. The quantitative estimate of drug-likeness (QED) is 0.832. The molecule has 1 aromatic heterocycles. The van der Waals surface area contributed by atoms with Gasteiger partial charge in [-0.05, 0) is 49.6 Å². The molecule has 138 valence electrons. The van der Waals surface area contributed by atoms with Crippen LogP contribution in [-0.4, -0.2) is 24.0 Å². The summed E-state index contributed by atoms with van der Waals surface area (Å²) in [6, 6.07) is 6.66. The number of rotatable bonds is 3. The van der Waals surface area contributed by atoms with Gasteiger partial charge in [0, 0.05) is 23.7 Å². The van der Waals surface area contributed by atoms with Gasteiger partial charge < -0.3 is 15.1 Å². The van der Waals surface area contributed by atoms with Gasteiger partial charge in [-0.25, -0.2) is 0 Å². The fraction of sp³-hybridized carbons (Fsp3) is 0.389. The van der Waals surface area contributed by atoms with Gasteiger partial charge in [0.05, 0.1) is 10.6 Å². The zero-order chi connectivity index (χ0) is 18.5. The number of carbonyl (C=O) groups is 1. The molecule has 3 atom stereocenters. The topological polar surface area (TPSA) is 54.3 Å². The summed E-state index contributed by atoms with van der Waals surface area (Å²) in [5.41, 5.74) is -0.727. The van der Waals surface area contributed by atoms with E-state index in [9.17, 15) is 18.0 Å². The van der Waals surface area contributed by atoms with Crippen LogP contribution in [0.3, 0.4) is 0 Å². The van der Waals surface area contributed by atoms with Crippen molar-refractivity contribution in [3.8, 4) is 11.3 Å². The van der Waals surface area contributed by atoms with E-state index in [2.05, 4.69) is 10.6 Å². The zero-order valence-electron chi connectivity index (χ0n) is 13.6. The molecular formula is C18H16ClF3N2O2. The van der Waals surface area contributed by atoms with Gasteiger partial charge in [0.15, 0.2) is 5.76 Å². The number of halogens is 4. The van der Waals surface area contributed by atoms with Gasteiger partial charge in [-0.3, -0.25) is 4.79 Å². The van der Waals surface area contributed by atoms with E-state index in [0.29, 0.717) is 6.04 Å². The maximum atomic E-state index is 12.9. The highest BCUT2D eigenvalue weighted by atomic mass is 35.5. The highest BCUT2D eigenvalue weighted by Crippen LogP contribution is 2.36. The van der Waals surface area contributed by atoms with E-state index in [1.54, 1.807) is 0 Å². The van der Waals surface area contributed by atoms with Crippen molar-refractivity contribution in [3.05, 3.63) is 46.7 Å². The second kappa shape index (κ2) is 6.32. The van der Waals surface area contributed by atoms with Crippen LogP contribution >= 0.6 is 11.6 Å². The lowest BCUT2D eigenvalue weighted by molar-refractivity contribution is -0.137. The maximum Gasteiger partial charge on any atom is 0.416 e. The van der Waals surface area contributed by atoms with Crippen LogP contribution in [0.1, 0.15) is 35.4 Å². The average Bonchev–Trinajstić information content (AvgIpc) is 3.30. The summed E-state index contributed by atoms with van der Waals surface area (Å²) >= 11 is 6.01. The Kier molecular flexibility index (Phi) is 4.23. The van der Waals surface area contributed by atoms with Crippen molar-refractivity contribution in [2.24, 2.45) is 0 Å². The van der Waals surface area contributed by atoms with Gasteiger partial charge in [0.25, 0.3) is 5.91 Å². The molecule has 0 spiro atoms. The average molecular weight is 385 g/mol. The maximum absolute atomic E-state index is 12.9.